The van der Waals surface area contributed by atoms with Gasteiger partial charge >= 0.3 is 0 Å². The Bertz CT molecular complexity index is 766. The van der Waals surface area contributed by atoms with Crippen LogP contribution in [0.1, 0.15) is 0 Å². The highest BCUT2D eigenvalue weighted by Crippen LogP contribution is 2.25. The van der Waals surface area contributed by atoms with Gasteiger partial charge in [-0.1, -0.05) is 12.1 Å². The fourth-order valence-corrected chi connectivity index (χ4v) is 1.96. The summed E-state index contributed by atoms with van der Waals surface area (Å²) in [6.07, 6.45) is 1.72. The molecule has 84 valence electrons. The lowest BCUT2D eigenvalue weighted by molar-refractivity contribution is 0.419. The van der Waals surface area contributed by atoms with E-state index in [1.807, 2.05) is 24.3 Å². The topological polar surface area (TPSA) is 50.8 Å². The number of pyridine rings is 1. The smallest absolute Gasteiger partial charge is 0.198 e. The van der Waals surface area contributed by atoms with Crippen LogP contribution >= 0.6 is 12.2 Å². The van der Waals surface area contributed by atoms with E-state index >= 15 is 0 Å². The number of rotatable bonds is 1. The second-order valence-electron chi connectivity index (χ2n) is 3.65. The zero-order chi connectivity index (χ0) is 11.8. The van der Waals surface area contributed by atoms with Crippen LogP contribution in [0.15, 0.2) is 30.5 Å². The fourth-order valence-electron chi connectivity index (χ4n) is 1.81. The molecule has 3 aromatic rings. The van der Waals surface area contributed by atoms with Gasteiger partial charge < -0.3 is 9.72 Å². The summed E-state index contributed by atoms with van der Waals surface area (Å²) in [6, 6.07) is 7.83. The fraction of sp³-hybridized carbons (Fsp3) is 0.0833. The number of nitrogens with one attached hydrogen (secondary N) is 1. The molecule has 0 unspecified atom stereocenters. The number of ether oxygens (including phenoxy) is 1. The standard InChI is InChI=1S/C12H9N3OS/c1-16-9-4-2-3-7-5-8-6-13-12(17)15-11(8)14-10(7)9/h2-6H,1H3,(H,13,14,15,17). The van der Waals surface area contributed by atoms with E-state index in [9.17, 15) is 0 Å². The second-order valence-corrected chi connectivity index (χ2v) is 4.03. The number of nitrogens with zero attached hydrogens (tertiary/aromatic N) is 2. The lowest BCUT2D eigenvalue weighted by Gasteiger charge is -2.05. The molecule has 0 atom stereocenters. The first-order valence-electron chi connectivity index (χ1n) is 5.11. The molecule has 4 nitrogen and oxygen atoms in total. The van der Waals surface area contributed by atoms with Crippen molar-refractivity contribution in [1.29, 1.82) is 0 Å². The number of para-hydroxylation sites is 1. The number of hydrogen-bond acceptors (Lipinski definition) is 4. The molecule has 0 aliphatic heterocycles. The third kappa shape index (κ3) is 1.64. The Morgan fingerprint density at radius 2 is 2.18 bits per heavy atom. The molecule has 0 fully saturated rings. The summed E-state index contributed by atoms with van der Waals surface area (Å²) >= 11 is 4.99. The Hall–Kier alpha value is -2.01. The van der Waals surface area contributed by atoms with E-state index in [0.29, 0.717) is 4.77 Å². The van der Waals surface area contributed by atoms with Gasteiger partial charge in [0, 0.05) is 17.0 Å². The maximum atomic E-state index is 5.29. The molecule has 17 heavy (non-hydrogen) atoms. The minimum absolute atomic E-state index is 0.430. The molecule has 0 amide bonds. The number of aromatic nitrogens is 3. The van der Waals surface area contributed by atoms with Gasteiger partial charge in [0.05, 0.1) is 7.11 Å². The van der Waals surface area contributed by atoms with Gasteiger partial charge in [0.15, 0.2) is 4.77 Å². The van der Waals surface area contributed by atoms with Crippen LogP contribution < -0.4 is 4.74 Å². The van der Waals surface area contributed by atoms with Gasteiger partial charge in [0.1, 0.15) is 16.9 Å². The highest BCUT2D eigenvalue weighted by Gasteiger charge is 2.04. The van der Waals surface area contributed by atoms with Crippen molar-refractivity contribution in [1.82, 2.24) is 15.0 Å². The van der Waals surface area contributed by atoms with E-state index < -0.39 is 0 Å². The molecule has 0 saturated carbocycles. The predicted molar refractivity (Wildman–Crippen MR) is 68.8 cm³/mol. The highest BCUT2D eigenvalue weighted by atomic mass is 32.1. The van der Waals surface area contributed by atoms with Crippen molar-refractivity contribution in [3.8, 4) is 5.75 Å². The van der Waals surface area contributed by atoms with E-state index in [2.05, 4.69) is 15.0 Å². The summed E-state index contributed by atoms with van der Waals surface area (Å²) in [4.78, 5) is 11.5. The van der Waals surface area contributed by atoms with Crippen LogP contribution in [0.3, 0.4) is 0 Å². The molecule has 0 aliphatic rings. The maximum absolute atomic E-state index is 5.29. The van der Waals surface area contributed by atoms with Crippen LogP contribution in [0.2, 0.25) is 0 Å². The largest absolute Gasteiger partial charge is 0.494 e. The molecule has 2 aromatic heterocycles. The molecule has 5 heteroatoms. The van der Waals surface area contributed by atoms with Crippen LogP contribution in [0.5, 0.6) is 5.75 Å². The monoisotopic (exact) mass is 243 g/mol. The van der Waals surface area contributed by atoms with E-state index in [1.54, 1.807) is 13.3 Å². The highest BCUT2D eigenvalue weighted by molar-refractivity contribution is 7.71. The molecular formula is C12H9N3OS. The third-order valence-corrected chi connectivity index (χ3v) is 2.81. The minimum Gasteiger partial charge on any atom is -0.494 e. The van der Waals surface area contributed by atoms with Gasteiger partial charge in [-0.15, -0.1) is 0 Å². The molecule has 0 saturated heterocycles. The summed E-state index contributed by atoms with van der Waals surface area (Å²) in [5.41, 5.74) is 1.54. The van der Waals surface area contributed by atoms with Crippen molar-refractivity contribution in [2.45, 2.75) is 0 Å². The summed E-state index contributed by atoms with van der Waals surface area (Å²) in [5.74, 6) is 0.750. The molecule has 0 aliphatic carbocycles. The zero-order valence-corrected chi connectivity index (χ0v) is 9.91. The molecule has 2 heterocycles. The number of fused-ring (bicyclic) bond motifs is 2. The lowest BCUT2D eigenvalue weighted by atomic mass is 10.2. The van der Waals surface area contributed by atoms with E-state index in [-0.39, 0.29) is 0 Å². The quantitative estimate of drug-likeness (QED) is 0.527. The van der Waals surface area contributed by atoms with Crippen molar-refractivity contribution in [3.63, 3.8) is 0 Å². The first kappa shape index (κ1) is 10.2. The zero-order valence-electron chi connectivity index (χ0n) is 9.10. The van der Waals surface area contributed by atoms with E-state index in [4.69, 9.17) is 17.0 Å². The lowest BCUT2D eigenvalue weighted by Crippen LogP contribution is -1.91. The summed E-state index contributed by atoms with van der Waals surface area (Å²) in [7, 11) is 1.63. The molecule has 1 N–H and O–H groups in total. The predicted octanol–water partition coefficient (Wildman–Crippen LogP) is 2.85. The Morgan fingerprint density at radius 1 is 1.29 bits per heavy atom. The maximum Gasteiger partial charge on any atom is 0.198 e. The van der Waals surface area contributed by atoms with Crippen molar-refractivity contribution in [2.75, 3.05) is 7.11 Å². The van der Waals surface area contributed by atoms with Gasteiger partial charge in [-0.25, -0.2) is 9.97 Å². The molecule has 1 aromatic carbocycles. The summed E-state index contributed by atoms with van der Waals surface area (Å²) in [6.45, 7) is 0. The van der Waals surface area contributed by atoms with Crippen LogP contribution in [-0.4, -0.2) is 22.1 Å². The number of benzene rings is 1. The van der Waals surface area contributed by atoms with Crippen LogP contribution in [0.4, 0.5) is 0 Å². The van der Waals surface area contributed by atoms with Gasteiger partial charge in [-0.2, -0.15) is 0 Å². The summed E-state index contributed by atoms with van der Waals surface area (Å²) < 4.78 is 5.72. The molecular weight excluding hydrogens is 234 g/mol. The van der Waals surface area contributed by atoms with E-state index in [1.165, 1.54) is 0 Å². The first-order valence-corrected chi connectivity index (χ1v) is 5.51. The van der Waals surface area contributed by atoms with Crippen molar-refractivity contribution >= 4 is 34.2 Å². The average Bonchev–Trinajstić information content (AvgIpc) is 2.35. The Labute approximate surface area is 102 Å². The Kier molecular flexibility index (Phi) is 2.26. The van der Waals surface area contributed by atoms with Crippen molar-refractivity contribution in [3.05, 3.63) is 35.2 Å². The van der Waals surface area contributed by atoms with Gasteiger partial charge in [0.2, 0.25) is 0 Å². The Morgan fingerprint density at radius 3 is 3.00 bits per heavy atom. The molecule has 0 spiro atoms. The van der Waals surface area contributed by atoms with Crippen LogP contribution in [0, 0.1) is 4.77 Å². The molecule has 3 rings (SSSR count). The number of H-pyrrole nitrogens is 1. The number of methoxy groups -OCH3 is 1. The molecule has 0 bridgehead atoms. The average molecular weight is 243 g/mol. The van der Waals surface area contributed by atoms with Crippen molar-refractivity contribution < 1.29 is 4.74 Å². The first-order chi connectivity index (χ1) is 8.28. The van der Waals surface area contributed by atoms with Crippen molar-refractivity contribution in [2.24, 2.45) is 0 Å². The molecule has 0 radical (unpaired) electrons. The van der Waals surface area contributed by atoms with Gasteiger partial charge in [0.25, 0.3) is 0 Å². The Balaban J connectivity index is 2.48. The van der Waals surface area contributed by atoms with E-state index in [0.717, 1.165) is 27.7 Å². The normalized spacial score (nSPS) is 10.9. The number of hydrogen-bond donors (Lipinski definition) is 1. The second kappa shape index (κ2) is 3.78. The minimum atomic E-state index is 0.430. The van der Waals surface area contributed by atoms with Gasteiger partial charge in [-0.3, -0.25) is 0 Å². The summed E-state index contributed by atoms with van der Waals surface area (Å²) in [5, 5.41) is 1.95. The van der Waals surface area contributed by atoms with Gasteiger partial charge in [-0.05, 0) is 24.4 Å². The van der Waals surface area contributed by atoms with Crippen LogP contribution in [0.25, 0.3) is 21.9 Å². The number of aromatic amines is 1. The third-order valence-electron chi connectivity index (χ3n) is 2.60. The van der Waals surface area contributed by atoms with Crippen LogP contribution in [-0.2, 0) is 0 Å². The SMILES string of the molecule is COc1cccc2cc3cnc(=S)[nH]c3nc12.